The van der Waals surface area contributed by atoms with Crippen LogP contribution in [0.4, 0.5) is 0 Å². The Morgan fingerprint density at radius 1 is 0.690 bits per heavy atom. The molecule has 2 fully saturated rings. The van der Waals surface area contributed by atoms with Crippen LogP contribution in [-0.4, -0.2) is 116 Å². The van der Waals surface area contributed by atoms with Crippen molar-refractivity contribution >= 4 is 26.2 Å². The third-order valence-corrected chi connectivity index (χ3v) is 15.9. The first-order valence-corrected chi connectivity index (χ1v) is 22.4. The van der Waals surface area contributed by atoms with E-state index in [9.17, 15) is 29.7 Å². The average molecular weight is 825 g/mol. The van der Waals surface area contributed by atoms with Crippen molar-refractivity contribution in [2.24, 2.45) is 5.92 Å². The SMILES string of the molecule is CC(=O)OC[C@H]1O[C@@H](O[C@H]2[C@H](OC(=O)c3ccccc3)[C@@H](OC(=O)c3ccccc3)[C@H](OCc3ccccc3)O[C@@H]2CO[Si](C)(C)C(C)(C)C(C)C)[C@H](O)[C@@H](O)[C@H]1O. The van der Waals surface area contributed by atoms with Gasteiger partial charge in [-0.05, 0) is 53.9 Å². The maximum absolute atomic E-state index is 14.0. The van der Waals surface area contributed by atoms with Crippen LogP contribution in [0.15, 0.2) is 91.0 Å². The Kier molecular flexibility index (Phi) is 15.4. The number of hydrogen-bond acceptors (Lipinski definition) is 14. The minimum Gasteiger partial charge on any atom is -0.463 e. The Labute approximate surface area is 340 Å². The van der Waals surface area contributed by atoms with Gasteiger partial charge in [-0.15, -0.1) is 0 Å². The standard InChI is InChI=1S/C43H56O14Si/c1-26(2)43(4,5)58(6,7)52-25-32-36(57-41-35(47)34(46)33(45)31(53-41)24-50-27(3)44)37(55-39(48)29-19-13-9-14-20-29)38(56-40(49)30-21-15-10-16-22-30)42(54-32)51-23-28-17-11-8-12-18-28/h8-22,26,31-38,41-42,45-47H,23-25H2,1-7H3/t31-,32-,33+,34+,35-,36-,37+,38-,41+,42-/m1/s1. The lowest BCUT2D eigenvalue weighted by Crippen LogP contribution is -2.66. The van der Waals surface area contributed by atoms with Gasteiger partial charge in [0.15, 0.2) is 33.1 Å². The molecule has 2 heterocycles. The Morgan fingerprint density at radius 3 is 1.74 bits per heavy atom. The second-order valence-electron chi connectivity index (χ2n) is 15.9. The van der Waals surface area contributed by atoms with Crippen LogP contribution < -0.4 is 0 Å². The molecule has 316 valence electrons. The lowest BCUT2D eigenvalue weighted by Gasteiger charge is -2.49. The van der Waals surface area contributed by atoms with Gasteiger partial charge < -0.3 is 52.9 Å². The molecular formula is C43H56O14Si. The van der Waals surface area contributed by atoms with E-state index in [1.165, 1.54) is 6.92 Å². The van der Waals surface area contributed by atoms with Crippen molar-refractivity contribution in [3.63, 3.8) is 0 Å². The van der Waals surface area contributed by atoms with Crippen molar-refractivity contribution in [2.45, 2.75) is 121 Å². The highest BCUT2D eigenvalue weighted by molar-refractivity contribution is 6.74. The number of hydrogen-bond donors (Lipinski definition) is 3. The molecule has 0 saturated carbocycles. The van der Waals surface area contributed by atoms with Gasteiger partial charge in [0.05, 0.1) is 24.3 Å². The van der Waals surface area contributed by atoms with E-state index in [1.54, 1.807) is 60.7 Å². The molecule has 3 aromatic rings. The third-order valence-electron chi connectivity index (χ3n) is 11.4. The molecule has 0 spiro atoms. The second-order valence-corrected chi connectivity index (χ2v) is 20.5. The van der Waals surface area contributed by atoms with Gasteiger partial charge in [-0.2, -0.15) is 0 Å². The topological polar surface area (TPSA) is 186 Å². The molecule has 58 heavy (non-hydrogen) atoms. The van der Waals surface area contributed by atoms with Crippen molar-refractivity contribution in [3.8, 4) is 0 Å². The van der Waals surface area contributed by atoms with E-state index < -0.39 is 94.2 Å². The van der Waals surface area contributed by atoms with Crippen LogP contribution in [-0.2, 0) is 49.0 Å². The predicted molar refractivity (Wildman–Crippen MR) is 212 cm³/mol. The van der Waals surface area contributed by atoms with Crippen LogP contribution in [0.1, 0.15) is 60.9 Å². The number of carbonyl (C=O) groups is 3. The summed E-state index contributed by atoms with van der Waals surface area (Å²) in [5.41, 5.74) is 1.15. The fourth-order valence-corrected chi connectivity index (χ4v) is 8.89. The van der Waals surface area contributed by atoms with Crippen LogP contribution in [0.25, 0.3) is 0 Å². The van der Waals surface area contributed by atoms with Crippen molar-refractivity contribution in [3.05, 3.63) is 108 Å². The highest BCUT2D eigenvalue weighted by atomic mass is 28.4. The Hall–Kier alpha value is -4.03. The number of aliphatic hydroxyl groups is 3. The summed E-state index contributed by atoms with van der Waals surface area (Å²) < 4.78 is 49.7. The maximum atomic E-state index is 14.0. The molecule has 0 aromatic heterocycles. The molecule has 3 aromatic carbocycles. The first-order chi connectivity index (χ1) is 27.5. The third kappa shape index (κ3) is 11.0. The minimum absolute atomic E-state index is 0.0102. The summed E-state index contributed by atoms with van der Waals surface area (Å²) in [6.07, 6.45) is -15.3. The van der Waals surface area contributed by atoms with Gasteiger partial charge in [-0.1, -0.05) is 94.4 Å². The fourth-order valence-electron chi connectivity index (χ4n) is 6.55. The average Bonchev–Trinajstić information content (AvgIpc) is 3.21. The molecule has 0 amide bonds. The number of aliphatic hydroxyl groups excluding tert-OH is 3. The van der Waals surface area contributed by atoms with E-state index >= 15 is 0 Å². The van der Waals surface area contributed by atoms with Crippen molar-refractivity contribution in [1.29, 1.82) is 0 Å². The van der Waals surface area contributed by atoms with E-state index in [1.807, 2.05) is 30.3 Å². The predicted octanol–water partition coefficient (Wildman–Crippen LogP) is 4.79. The summed E-state index contributed by atoms with van der Waals surface area (Å²) in [5, 5.41) is 32.7. The van der Waals surface area contributed by atoms with Crippen molar-refractivity contribution in [1.82, 2.24) is 0 Å². The van der Waals surface area contributed by atoms with Gasteiger partial charge in [0.25, 0.3) is 0 Å². The zero-order valence-electron chi connectivity index (χ0n) is 34.0. The quantitative estimate of drug-likeness (QED) is 0.102. The van der Waals surface area contributed by atoms with E-state index in [2.05, 4.69) is 40.8 Å². The molecule has 0 bridgehead atoms. The molecule has 2 aliphatic rings. The largest absolute Gasteiger partial charge is 0.463 e. The van der Waals surface area contributed by atoms with E-state index in [4.69, 9.17) is 37.6 Å². The smallest absolute Gasteiger partial charge is 0.338 e. The van der Waals surface area contributed by atoms with Gasteiger partial charge in [0, 0.05) is 6.92 Å². The molecule has 2 aliphatic heterocycles. The lowest BCUT2D eigenvalue weighted by molar-refractivity contribution is -0.358. The number of rotatable bonds is 16. The molecule has 3 N–H and O–H groups in total. The summed E-state index contributed by atoms with van der Waals surface area (Å²) in [6, 6.07) is 25.6. The molecule has 10 atom stereocenters. The lowest BCUT2D eigenvalue weighted by atomic mass is 9.96. The molecule has 14 nitrogen and oxygen atoms in total. The fraction of sp³-hybridized carbons (Fsp3) is 0.512. The highest BCUT2D eigenvalue weighted by Crippen LogP contribution is 2.45. The molecule has 15 heteroatoms. The normalized spacial score (nSPS) is 27.8. The Morgan fingerprint density at radius 2 is 1.21 bits per heavy atom. The zero-order chi connectivity index (χ0) is 42.2. The summed E-state index contributed by atoms with van der Waals surface area (Å²) >= 11 is 0. The van der Waals surface area contributed by atoms with Crippen LogP contribution in [0, 0.1) is 5.92 Å². The van der Waals surface area contributed by atoms with Gasteiger partial charge >= 0.3 is 17.9 Å². The molecular weight excluding hydrogens is 769 g/mol. The Balaban J connectivity index is 1.60. The number of ether oxygens (including phenoxy) is 7. The molecule has 5 rings (SSSR count). The summed E-state index contributed by atoms with van der Waals surface area (Å²) in [4.78, 5) is 39.5. The van der Waals surface area contributed by atoms with Gasteiger partial charge in [-0.3, -0.25) is 4.79 Å². The maximum Gasteiger partial charge on any atom is 0.338 e. The zero-order valence-corrected chi connectivity index (χ0v) is 35.0. The Bertz CT molecular complexity index is 1780. The van der Waals surface area contributed by atoms with Gasteiger partial charge in [-0.25, -0.2) is 9.59 Å². The van der Waals surface area contributed by atoms with Crippen molar-refractivity contribution in [2.75, 3.05) is 13.2 Å². The van der Waals surface area contributed by atoms with Crippen LogP contribution in [0.5, 0.6) is 0 Å². The number of esters is 3. The molecule has 0 aliphatic carbocycles. The second kappa shape index (κ2) is 19.8. The van der Waals surface area contributed by atoms with Crippen LogP contribution in [0.3, 0.4) is 0 Å². The van der Waals surface area contributed by atoms with E-state index in [0.717, 1.165) is 5.56 Å². The van der Waals surface area contributed by atoms with Gasteiger partial charge in [0.1, 0.15) is 43.2 Å². The molecule has 0 radical (unpaired) electrons. The molecule has 2 saturated heterocycles. The first-order valence-electron chi connectivity index (χ1n) is 19.5. The monoisotopic (exact) mass is 824 g/mol. The van der Waals surface area contributed by atoms with E-state index in [-0.39, 0.29) is 35.3 Å². The summed E-state index contributed by atoms with van der Waals surface area (Å²) in [6.45, 7) is 13.2. The summed E-state index contributed by atoms with van der Waals surface area (Å²) in [7, 11) is -2.58. The number of carbonyl (C=O) groups excluding carboxylic acids is 3. The summed E-state index contributed by atoms with van der Waals surface area (Å²) in [5.74, 6) is -2.00. The van der Waals surface area contributed by atoms with Crippen LogP contribution in [0.2, 0.25) is 18.1 Å². The highest BCUT2D eigenvalue weighted by Gasteiger charge is 2.56. The van der Waals surface area contributed by atoms with E-state index in [0.29, 0.717) is 0 Å². The minimum atomic E-state index is -2.58. The van der Waals surface area contributed by atoms with Crippen molar-refractivity contribution < 1.29 is 67.3 Å². The van der Waals surface area contributed by atoms with Gasteiger partial charge in [0.2, 0.25) is 0 Å². The van der Waals surface area contributed by atoms with Crippen LogP contribution >= 0.6 is 0 Å². The number of benzene rings is 3. The first kappa shape index (κ1) is 45.1. The molecule has 0 unspecified atom stereocenters.